The summed E-state index contributed by atoms with van der Waals surface area (Å²) in [5.74, 6) is -2.15. The molecule has 1 atom stereocenters. The summed E-state index contributed by atoms with van der Waals surface area (Å²) < 4.78 is 57.6. The lowest BCUT2D eigenvalue weighted by molar-refractivity contribution is -0.153. The van der Waals surface area contributed by atoms with E-state index in [2.05, 4.69) is 4.74 Å². The predicted molar refractivity (Wildman–Crippen MR) is 76.4 cm³/mol. The molecule has 0 aliphatic rings. The Kier molecular flexibility index (Phi) is 6.68. The van der Waals surface area contributed by atoms with Crippen molar-refractivity contribution in [1.29, 1.82) is 0 Å². The Labute approximate surface area is 136 Å². The second-order valence-electron chi connectivity index (χ2n) is 5.01. The molecule has 0 radical (unpaired) electrons. The first-order chi connectivity index (χ1) is 9.44. The molecule has 2 N–H and O–H groups in total. The van der Waals surface area contributed by atoms with E-state index >= 15 is 0 Å². The number of esters is 1. The number of carbonyl (C=O) groups excluding carboxylic acids is 1. The number of nitrogens with two attached hydrogens (primary N) is 1. The van der Waals surface area contributed by atoms with Crippen LogP contribution in [0.4, 0.5) is 17.6 Å². The molecule has 22 heavy (non-hydrogen) atoms. The number of benzene rings is 1. The Morgan fingerprint density at radius 1 is 1.32 bits per heavy atom. The van der Waals surface area contributed by atoms with Crippen molar-refractivity contribution in [3.63, 3.8) is 0 Å². The lowest BCUT2D eigenvalue weighted by Gasteiger charge is -2.31. The average molecular weight is 364 g/mol. The molecular weight excluding hydrogens is 349 g/mol. The minimum absolute atomic E-state index is 0. The fraction of sp³-hybridized carbons (Fsp3) is 0.462. The Morgan fingerprint density at radius 3 is 2.23 bits per heavy atom. The lowest BCUT2D eigenvalue weighted by atomic mass is 9.79. The zero-order valence-electron chi connectivity index (χ0n) is 11.9. The molecule has 3 nitrogen and oxygen atoms in total. The Bertz CT molecular complexity index is 562. The van der Waals surface area contributed by atoms with Crippen LogP contribution in [-0.2, 0) is 15.7 Å². The third-order valence-electron chi connectivity index (χ3n) is 3.24. The van der Waals surface area contributed by atoms with Crippen LogP contribution in [-0.4, -0.2) is 13.1 Å². The summed E-state index contributed by atoms with van der Waals surface area (Å²) in [6.45, 7) is 2.54. The van der Waals surface area contributed by atoms with Crippen LogP contribution in [0.3, 0.4) is 0 Å². The normalized spacial score (nSPS) is 13.3. The summed E-state index contributed by atoms with van der Waals surface area (Å²) in [7, 11) is 1.07. The first-order valence-corrected chi connectivity index (χ1v) is 6.21. The highest BCUT2D eigenvalue weighted by Gasteiger charge is 2.44. The second kappa shape index (κ2) is 7.02. The number of alkyl halides is 3. The lowest BCUT2D eigenvalue weighted by Crippen LogP contribution is -2.39. The van der Waals surface area contributed by atoms with Gasteiger partial charge in [-0.05, 0) is 26.0 Å². The number of rotatable bonds is 3. The van der Waals surface area contributed by atoms with Gasteiger partial charge in [0.25, 0.3) is 0 Å². The minimum Gasteiger partial charge on any atom is -0.469 e. The van der Waals surface area contributed by atoms with E-state index in [1.54, 1.807) is 0 Å². The molecule has 0 saturated carbocycles. The van der Waals surface area contributed by atoms with Gasteiger partial charge in [-0.25, -0.2) is 4.39 Å². The van der Waals surface area contributed by atoms with Crippen LogP contribution in [0.2, 0.25) is 5.02 Å². The highest BCUT2D eigenvalue weighted by atomic mass is 35.5. The number of carbonyl (C=O) groups is 1. The zero-order valence-corrected chi connectivity index (χ0v) is 13.5. The maximum atomic E-state index is 14.1. The third-order valence-corrected chi connectivity index (χ3v) is 3.53. The van der Waals surface area contributed by atoms with Gasteiger partial charge in [0.05, 0.1) is 23.1 Å². The molecule has 0 amide bonds. The van der Waals surface area contributed by atoms with E-state index < -0.39 is 45.6 Å². The third kappa shape index (κ3) is 3.83. The van der Waals surface area contributed by atoms with Gasteiger partial charge in [0, 0.05) is 11.6 Å². The van der Waals surface area contributed by atoms with Crippen molar-refractivity contribution < 1.29 is 27.1 Å². The van der Waals surface area contributed by atoms with Crippen molar-refractivity contribution in [2.75, 3.05) is 7.11 Å². The highest BCUT2D eigenvalue weighted by molar-refractivity contribution is 6.30. The Balaban J connectivity index is 0.00000441. The number of hydrogen-bond donors (Lipinski definition) is 1. The fourth-order valence-electron chi connectivity index (χ4n) is 1.87. The molecule has 1 aromatic rings. The summed E-state index contributed by atoms with van der Waals surface area (Å²) in [4.78, 5) is 11.7. The summed E-state index contributed by atoms with van der Waals surface area (Å²) >= 11 is 5.53. The minimum atomic E-state index is -4.83. The van der Waals surface area contributed by atoms with Gasteiger partial charge in [-0.15, -0.1) is 12.4 Å². The largest absolute Gasteiger partial charge is 0.469 e. The van der Waals surface area contributed by atoms with E-state index in [1.165, 1.54) is 13.8 Å². The van der Waals surface area contributed by atoms with Gasteiger partial charge in [0.15, 0.2) is 0 Å². The van der Waals surface area contributed by atoms with Crippen LogP contribution >= 0.6 is 24.0 Å². The number of hydrogen-bond acceptors (Lipinski definition) is 3. The Morgan fingerprint density at radius 2 is 1.82 bits per heavy atom. The standard InChI is InChI=1S/C13H14ClF4NO2.ClH/c1-12(2,11(20)21-3)10(19)8-6(13(16,17)18)4-5-7(14)9(8)15;/h4-5,10H,19H2,1-3H3;1H/t10-;/m1./s1. The molecule has 0 spiro atoms. The topological polar surface area (TPSA) is 52.3 Å². The van der Waals surface area contributed by atoms with Crippen molar-refractivity contribution in [1.82, 2.24) is 0 Å². The van der Waals surface area contributed by atoms with Gasteiger partial charge in [0.2, 0.25) is 0 Å². The van der Waals surface area contributed by atoms with Crippen LogP contribution in [0.5, 0.6) is 0 Å². The first-order valence-electron chi connectivity index (χ1n) is 5.83. The molecule has 9 heteroatoms. The number of methoxy groups -OCH3 is 1. The van der Waals surface area contributed by atoms with Crippen molar-refractivity contribution in [2.45, 2.75) is 26.1 Å². The van der Waals surface area contributed by atoms with Gasteiger partial charge in [-0.2, -0.15) is 13.2 Å². The molecule has 0 aromatic heterocycles. The molecule has 1 rings (SSSR count). The first kappa shape index (κ1) is 20.9. The van der Waals surface area contributed by atoms with Crippen LogP contribution < -0.4 is 5.73 Å². The summed E-state index contributed by atoms with van der Waals surface area (Å²) in [5, 5.41) is -0.505. The number of ether oxygens (including phenoxy) is 1. The van der Waals surface area contributed by atoms with Crippen molar-refractivity contribution >= 4 is 30.0 Å². The molecule has 0 heterocycles. The molecule has 0 aliphatic heterocycles. The summed E-state index contributed by atoms with van der Waals surface area (Å²) in [6, 6.07) is -0.157. The van der Waals surface area contributed by atoms with Crippen LogP contribution in [0.25, 0.3) is 0 Å². The van der Waals surface area contributed by atoms with Crippen molar-refractivity contribution in [3.8, 4) is 0 Å². The smallest absolute Gasteiger partial charge is 0.416 e. The maximum absolute atomic E-state index is 14.1. The SMILES string of the molecule is COC(=O)C(C)(C)[C@H](N)c1c(C(F)(F)F)ccc(Cl)c1F.Cl. The van der Waals surface area contributed by atoms with E-state index in [1.807, 2.05) is 0 Å². The van der Waals surface area contributed by atoms with E-state index in [0.29, 0.717) is 6.07 Å². The van der Waals surface area contributed by atoms with Gasteiger partial charge in [0.1, 0.15) is 5.82 Å². The Hall–Kier alpha value is -1.05. The van der Waals surface area contributed by atoms with E-state index in [4.69, 9.17) is 17.3 Å². The van der Waals surface area contributed by atoms with Crippen LogP contribution in [0, 0.1) is 11.2 Å². The quantitative estimate of drug-likeness (QED) is 0.649. The summed E-state index contributed by atoms with van der Waals surface area (Å²) in [5.41, 5.74) is 2.02. The average Bonchev–Trinajstić information content (AvgIpc) is 2.38. The molecule has 0 saturated heterocycles. The predicted octanol–water partition coefficient (Wildman–Crippen LogP) is 4.12. The number of halogens is 6. The van der Waals surface area contributed by atoms with E-state index in [9.17, 15) is 22.4 Å². The van der Waals surface area contributed by atoms with Gasteiger partial charge in [-0.1, -0.05) is 11.6 Å². The van der Waals surface area contributed by atoms with E-state index in [-0.39, 0.29) is 12.4 Å². The van der Waals surface area contributed by atoms with Gasteiger partial charge < -0.3 is 10.5 Å². The molecule has 0 bridgehead atoms. The molecule has 1 aromatic carbocycles. The summed E-state index contributed by atoms with van der Waals surface area (Å²) in [6.07, 6.45) is -4.83. The maximum Gasteiger partial charge on any atom is 0.416 e. The van der Waals surface area contributed by atoms with E-state index in [0.717, 1.165) is 13.2 Å². The van der Waals surface area contributed by atoms with Crippen molar-refractivity contribution in [3.05, 3.63) is 34.1 Å². The van der Waals surface area contributed by atoms with Crippen LogP contribution in [0.1, 0.15) is 31.0 Å². The monoisotopic (exact) mass is 363 g/mol. The molecule has 0 fully saturated rings. The van der Waals surface area contributed by atoms with Crippen molar-refractivity contribution in [2.24, 2.45) is 11.1 Å². The van der Waals surface area contributed by atoms with Gasteiger partial charge in [-0.3, -0.25) is 4.79 Å². The highest BCUT2D eigenvalue weighted by Crippen LogP contribution is 2.42. The molecule has 0 unspecified atom stereocenters. The second-order valence-corrected chi connectivity index (χ2v) is 5.42. The van der Waals surface area contributed by atoms with Crippen LogP contribution in [0.15, 0.2) is 12.1 Å². The van der Waals surface area contributed by atoms with Gasteiger partial charge >= 0.3 is 12.1 Å². The molecular formula is C13H15Cl2F4NO2. The zero-order chi connectivity index (χ0) is 16.6. The molecule has 0 aliphatic carbocycles. The molecule has 126 valence electrons. The fourth-order valence-corrected chi connectivity index (χ4v) is 2.03.